The number of nitrogens with zero attached hydrogens (tertiary/aromatic N) is 2. The molecule has 0 N–H and O–H groups in total. The topological polar surface area (TPSA) is 42.0 Å². The van der Waals surface area contributed by atoms with Crippen LogP contribution >= 0.6 is 0 Å². The quantitative estimate of drug-likeness (QED) is 0.751. The lowest BCUT2D eigenvalue weighted by Gasteiger charge is -2.43. The summed E-state index contributed by atoms with van der Waals surface area (Å²) in [4.78, 5) is 17.0. The fraction of sp³-hybridized carbons (Fsp3) is 0.632. The Morgan fingerprint density at radius 3 is 2.46 bits per heavy atom. The monoisotopic (exact) mass is 332 g/mol. The molecule has 0 aliphatic carbocycles. The van der Waals surface area contributed by atoms with Crippen LogP contribution in [0.2, 0.25) is 0 Å². The third kappa shape index (κ3) is 3.36. The second-order valence-corrected chi connectivity index (χ2v) is 6.83. The van der Waals surface area contributed by atoms with Crippen LogP contribution in [0.5, 0.6) is 11.5 Å². The van der Waals surface area contributed by atoms with Crippen molar-refractivity contribution < 1.29 is 14.3 Å². The Hall–Kier alpha value is -1.75. The van der Waals surface area contributed by atoms with E-state index in [4.69, 9.17) is 9.47 Å². The largest absolute Gasteiger partial charge is 0.497 e. The first-order chi connectivity index (χ1) is 11.7. The Morgan fingerprint density at radius 1 is 1.08 bits per heavy atom. The molecule has 5 nitrogen and oxygen atoms in total. The molecule has 1 aromatic carbocycles. The van der Waals surface area contributed by atoms with E-state index in [-0.39, 0.29) is 5.54 Å². The van der Waals surface area contributed by atoms with Gasteiger partial charge in [-0.15, -0.1) is 0 Å². The number of ether oxygens (including phenoxy) is 2. The van der Waals surface area contributed by atoms with Crippen LogP contribution in [0, 0.1) is 0 Å². The minimum absolute atomic E-state index is 0.229. The summed E-state index contributed by atoms with van der Waals surface area (Å²) in [7, 11) is 3.60. The number of rotatable bonds is 6. The van der Waals surface area contributed by atoms with Crippen molar-refractivity contribution in [3.63, 3.8) is 0 Å². The van der Waals surface area contributed by atoms with Crippen molar-refractivity contribution in [2.24, 2.45) is 0 Å². The van der Waals surface area contributed by atoms with E-state index in [1.807, 2.05) is 36.2 Å². The Bertz CT molecular complexity index is 560. The van der Waals surface area contributed by atoms with Gasteiger partial charge in [0.15, 0.2) is 0 Å². The Kier molecular flexibility index (Phi) is 5.29. The van der Waals surface area contributed by atoms with Gasteiger partial charge in [0.05, 0.1) is 13.7 Å². The first kappa shape index (κ1) is 17.1. The van der Waals surface area contributed by atoms with E-state index in [2.05, 4.69) is 4.90 Å². The van der Waals surface area contributed by atoms with E-state index in [1.54, 1.807) is 7.11 Å². The fourth-order valence-electron chi connectivity index (χ4n) is 4.08. The number of likely N-dealkylation sites (N-methyl/N-ethyl adjacent to an activating group) is 1. The van der Waals surface area contributed by atoms with Gasteiger partial charge in [-0.25, -0.2) is 0 Å². The molecule has 1 atom stereocenters. The Labute approximate surface area is 144 Å². The molecule has 24 heavy (non-hydrogen) atoms. The highest BCUT2D eigenvalue weighted by Gasteiger charge is 2.49. The van der Waals surface area contributed by atoms with Gasteiger partial charge in [0.25, 0.3) is 0 Å². The number of carbonyl (C=O) groups is 1. The molecule has 1 spiro atoms. The minimum Gasteiger partial charge on any atom is -0.497 e. The van der Waals surface area contributed by atoms with Crippen molar-refractivity contribution in [1.29, 1.82) is 0 Å². The van der Waals surface area contributed by atoms with Gasteiger partial charge in [-0.1, -0.05) is 0 Å². The van der Waals surface area contributed by atoms with Crippen LogP contribution in [0.1, 0.15) is 32.1 Å². The molecule has 132 valence electrons. The third-order valence-corrected chi connectivity index (χ3v) is 5.35. The summed E-state index contributed by atoms with van der Waals surface area (Å²) in [6.45, 7) is 3.52. The van der Waals surface area contributed by atoms with Gasteiger partial charge >= 0.3 is 0 Å². The Morgan fingerprint density at radius 2 is 1.75 bits per heavy atom. The first-order valence-corrected chi connectivity index (χ1v) is 8.93. The molecular formula is C19H28N2O3. The number of hydrogen-bond acceptors (Lipinski definition) is 4. The van der Waals surface area contributed by atoms with Gasteiger partial charge < -0.3 is 14.4 Å². The SMILES string of the molecule is COc1ccc(OCCCN2CCCC23CCCN(C)C3=O)cc1. The molecule has 2 heterocycles. The van der Waals surface area contributed by atoms with Crippen LogP contribution in [0.4, 0.5) is 0 Å². The smallest absolute Gasteiger partial charge is 0.242 e. The van der Waals surface area contributed by atoms with E-state index >= 15 is 0 Å². The predicted octanol–water partition coefficient (Wildman–Crippen LogP) is 2.55. The molecule has 1 aromatic rings. The molecule has 2 aliphatic rings. The average molecular weight is 332 g/mol. The van der Waals surface area contributed by atoms with E-state index in [0.29, 0.717) is 12.5 Å². The normalized spacial score (nSPS) is 24.6. The Balaban J connectivity index is 1.49. The van der Waals surface area contributed by atoms with E-state index in [1.165, 1.54) is 0 Å². The van der Waals surface area contributed by atoms with Crippen molar-refractivity contribution in [3.8, 4) is 11.5 Å². The molecule has 2 saturated heterocycles. The summed E-state index contributed by atoms with van der Waals surface area (Å²) in [5.74, 6) is 2.02. The molecule has 2 aliphatic heterocycles. The van der Waals surface area contributed by atoms with Crippen LogP contribution < -0.4 is 9.47 Å². The summed E-state index contributed by atoms with van der Waals surface area (Å²) in [6.07, 6.45) is 5.19. The summed E-state index contributed by atoms with van der Waals surface area (Å²) >= 11 is 0. The molecule has 0 aromatic heterocycles. The highest BCUT2D eigenvalue weighted by molar-refractivity contribution is 5.87. The van der Waals surface area contributed by atoms with E-state index in [0.717, 1.165) is 63.2 Å². The molecule has 0 bridgehead atoms. The van der Waals surface area contributed by atoms with Gasteiger partial charge in [-0.2, -0.15) is 0 Å². The maximum atomic E-state index is 12.7. The second kappa shape index (κ2) is 7.43. The number of benzene rings is 1. The number of hydrogen-bond donors (Lipinski definition) is 0. The maximum Gasteiger partial charge on any atom is 0.242 e. The van der Waals surface area contributed by atoms with Crippen LogP contribution in [0.3, 0.4) is 0 Å². The first-order valence-electron chi connectivity index (χ1n) is 8.93. The third-order valence-electron chi connectivity index (χ3n) is 5.35. The molecule has 0 radical (unpaired) electrons. The molecule has 1 unspecified atom stereocenters. The number of carbonyl (C=O) groups excluding carboxylic acids is 1. The minimum atomic E-state index is -0.229. The van der Waals surface area contributed by atoms with Crippen molar-refractivity contribution in [1.82, 2.24) is 9.80 Å². The zero-order valence-corrected chi connectivity index (χ0v) is 14.8. The van der Waals surface area contributed by atoms with E-state index in [9.17, 15) is 4.79 Å². The lowest BCUT2D eigenvalue weighted by Crippen LogP contribution is -2.59. The molecule has 0 saturated carbocycles. The lowest BCUT2D eigenvalue weighted by molar-refractivity contribution is -0.145. The summed E-state index contributed by atoms with van der Waals surface area (Å²) in [6, 6.07) is 7.66. The van der Waals surface area contributed by atoms with Gasteiger partial charge in [-0.3, -0.25) is 9.69 Å². The summed E-state index contributed by atoms with van der Waals surface area (Å²) < 4.78 is 11.0. The van der Waals surface area contributed by atoms with E-state index < -0.39 is 0 Å². The highest BCUT2D eigenvalue weighted by atomic mass is 16.5. The number of amides is 1. The zero-order valence-electron chi connectivity index (χ0n) is 14.8. The predicted molar refractivity (Wildman–Crippen MR) is 93.5 cm³/mol. The van der Waals surface area contributed by atoms with Gasteiger partial charge in [-0.05, 0) is 62.9 Å². The molecule has 1 amide bonds. The van der Waals surface area contributed by atoms with Crippen LogP contribution in [-0.2, 0) is 4.79 Å². The number of methoxy groups -OCH3 is 1. The molecule has 5 heteroatoms. The number of piperidine rings is 1. The zero-order chi connectivity index (χ0) is 17.0. The second-order valence-electron chi connectivity index (χ2n) is 6.83. The maximum absolute atomic E-state index is 12.7. The summed E-state index contributed by atoms with van der Waals surface area (Å²) in [5, 5.41) is 0. The molecule has 2 fully saturated rings. The van der Waals surface area contributed by atoms with Crippen LogP contribution in [0.25, 0.3) is 0 Å². The van der Waals surface area contributed by atoms with Gasteiger partial charge in [0.2, 0.25) is 5.91 Å². The number of likely N-dealkylation sites (tertiary alicyclic amines) is 2. The summed E-state index contributed by atoms with van der Waals surface area (Å²) in [5.41, 5.74) is -0.229. The van der Waals surface area contributed by atoms with Crippen LogP contribution in [-0.4, -0.2) is 61.6 Å². The standard InChI is InChI=1S/C19H28N2O3/c1-20-12-3-10-19(18(20)22)11-4-13-21(19)14-5-15-24-17-8-6-16(23-2)7-9-17/h6-9H,3-5,10-15H2,1-2H3. The molecule has 3 rings (SSSR count). The lowest BCUT2D eigenvalue weighted by atomic mass is 9.85. The van der Waals surface area contributed by atoms with Crippen molar-refractivity contribution in [2.75, 3.05) is 40.4 Å². The van der Waals surface area contributed by atoms with Crippen LogP contribution in [0.15, 0.2) is 24.3 Å². The fourth-order valence-corrected chi connectivity index (χ4v) is 4.08. The highest BCUT2D eigenvalue weighted by Crippen LogP contribution is 2.37. The van der Waals surface area contributed by atoms with Gasteiger partial charge in [0, 0.05) is 20.1 Å². The van der Waals surface area contributed by atoms with Crippen molar-refractivity contribution in [3.05, 3.63) is 24.3 Å². The van der Waals surface area contributed by atoms with Crippen molar-refractivity contribution >= 4 is 5.91 Å². The van der Waals surface area contributed by atoms with Crippen molar-refractivity contribution in [2.45, 2.75) is 37.6 Å². The molecular weight excluding hydrogens is 304 g/mol. The average Bonchev–Trinajstić information content (AvgIpc) is 3.00. The van der Waals surface area contributed by atoms with Gasteiger partial charge in [0.1, 0.15) is 17.0 Å².